The summed E-state index contributed by atoms with van der Waals surface area (Å²) in [6.07, 6.45) is 8.43. The molecule has 1 atom stereocenters. The lowest BCUT2D eigenvalue weighted by atomic mass is 9.82. The maximum Gasteiger partial charge on any atom is 0.213 e. The highest BCUT2D eigenvalue weighted by atomic mass is 16.5. The summed E-state index contributed by atoms with van der Waals surface area (Å²) in [4.78, 5) is 4.32. The number of aromatic nitrogens is 1. The van der Waals surface area contributed by atoms with Crippen LogP contribution in [-0.4, -0.2) is 4.98 Å². The molecule has 20 heavy (non-hydrogen) atoms. The van der Waals surface area contributed by atoms with E-state index in [1.165, 1.54) is 37.7 Å². The number of rotatable bonds is 4. The van der Waals surface area contributed by atoms with Gasteiger partial charge in [0.1, 0.15) is 6.10 Å². The Balaban J connectivity index is 1.83. The van der Waals surface area contributed by atoms with Gasteiger partial charge in [0.2, 0.25) is 5.88 Å². The van der Waals surface area contributed by atoms with Crippen molar-refractivity contribution in [2.75, 3.05) is 0 Å². The molecule has 1 aliphatic carbocycles. The summed E-state index contributed by atoms with van der Waals surface area (Å²) in [5, 5.41) is 0. The number of hydrogen-bond donors (Lipinski definition) is 0. The monoisotopic (exact) mass is 267 g/mol. The van der Waals surface area contributed by atoms with Gasteiger partial charge in [-0.3, -0.25) is 0 Å². The van der Waals surface area contributed by atoms with Crippen molar-refractivity contribution >= 4 is 0 Å². The van der Waals surface area contributed by atoms with Crippen molar-refractivity contribution in [1.82, 2.24) is 4.98 Å². The summed E-state index contributed by atoms with van der Waals surface area (Å²) < 4.78 is 6.23. The zero-order valence-electron chi connectivity index (χ0n) is 11.7. The molecule has 1 fully saturated rings. The molecule has 1 aromatic carbocycles. The lowest BCUT2D eigenvalue weighted by Gasteiger charge is -2.30. The van der Waals surface area contributed by atoms with Crippen molar-refractivity contribution in [1.29, 1.82) is 0 Å². The summed E-state index contributed by atoms with van der Waals surface area (Å²) in [5.41, 5.74) is 1.27. The molecule has 3 rings (SSSR count). The van der Waals surface area contributed by atoms with Crippen LogP contribution >= 0.6 is 0 Å². The normalized spacial score (nSPS) is 17.6. The van der Waals surface area contributed by atoms with E-state index in [1.807, 2.05) is 18.2 Å². The molecule has 0 aliphatic heterocycles. The van der Waals surface area contributed by atoms with Gasteiger partial charge in [-0.05, 0) is 24.5 Å². The van der Waals surface area contributed by atoms with Crippen LogP contribution in [0.15, 0.2) is 54.7 Å². The summed E-state index contributed by atoms with van der Waals surface area (Å²) in [5.74, 6) is 1.33. The van der Waals surface area contributed by atoms with Gasteiger partial charge < -0.3 is 4.74 Å². The van der Waals surface area contributed by atoms with E-state index >= 15 is 0 Å². The fourth-order valence-electron chi connectivity index (χ4n) is 3.06. The first-order valence-electron chi connectivity index (χ1n) is 7.56. The Morgan fingerprint density at radius 2 is 1.65 bits per heavy atom. The molecule has 1 unspecified atom stereocenters. The van der Waals surface area contributed by atoms with Crippen LogP contribution in [0.4, 0.5) is 0 Å². The predicted molar refractivity (Wildman–Crippen MR) is 80.6 cm³/mol. The first-order chi connectivity index (χ1) is 9.93. The van der Waals surface area contributed by atoms with E-state index in [1.54, 1.807) is 6.20 Å². The molecular weight excluding hydrogens is 246 g/mol. The van der Waals surface area contributed by atoms with E-state index in [2.05, 4.69) is 35.3 Å². The molecule has 0 saturated heterocycles. The van der Waals surface area contributed by atoms with Crippen molar-refractivity contribution in [3.05, 3.63) is 60.3 Å². The highest BCUT2D eigenvalue weighted by Crippen LogP contribution is 2.37. The molecule has 0 spiro atoms. The fourth-order valence-corrected chi connectivity index (χ4v) is 3.06. The Morgan fingerprint density at radius 3 is 2.35 bits per heavy atom. The second-order valence-electron chi connectivity index (χ2n) is 5.52. The van der Waals surface area contributed by atoms with Crippen molar-refractivity contribution in [3.8, 4) is 5.88 Å². The molecule has 2 aromatic rings. The molecule has 0 bridgehead atoms. The first kappa shape index (κ1) is 13.2. The van der Waals surface area contributed by atoms with Gasteiger partial charge in [0.15, 0.2) is 0 Å². The Hall–Kier alpha value is -1.83. The molecule has 1 heterocycles. The third-order valence-electron chi connectivity index (χ3n) is 4.09. The molecule has 0 radical (unpaired) electrons. The number of pyridine rings is 1. The molecule has 2 nitrogen and oxygen atoms in total. The lowest BCUT2D eigenvalue weighted by molar-refractivity contribution is 0.103. The highest BCUT2D eigenvalue weighted by Gasteiger charge is 2.26. The number of nitrogens with zero attached hydrogens (tertiary/aromatic N) is 1. The standard InChI is InChI=1S/C18H21NO/c1-3-9-15(10-4-1)18(16-11-5-2-6-12-16)20-17-13-7-8-14-19-17/h1,3-4,7-10,13-14,16,18H,2,5-6,11-12H2. The van der Waals surface area contributed by atoms with Crippen LogP contribution in [-0.2, 0) is 0 Å². The lowest BCUT2D eigenvalue weighted by Crippen LogP contribution is -2.21. The van der Waals surface area contributed by atoms with Crippen LogP contribution in [0.3, 0.4) is 0 Å². The van der Waals surface area contributed by atoms with Crippen LogP contribution in [0.25, 0.3) is 0 Å². The first-order valence-corrected chi connectivity index (χ1v) is 7.56. The van der Waals surface area contributed by atoms with Gasteiger partial charge in [0, 0.05) is 18.2 Å². The van der Waals surface area contributed by atoms with Gasteiger partial charge in [-0.1, -0.05) is 55.7 Å². The smallest absolute Gasteiger partial charge is 0.213 e. The number of benzene rings is 1. The zero-order valence-corrected chi connectivity index (χ0v) is 11.7. The van der Waals surface area contributed by atoms with Gasteiger partial charge in [0.05, 0.1) is 0 Å². The fraction of sp³-hybridized carbons (Fsp3) is 0.389. The highest BCUT2D eigenvalue weighted by molar-refractivity contribution is 5.21. The Morgan fingerprint density at radius 1 is 0.900 bits per heavy atom. The minimum atomic E-state index is 0.131. The summed E-state index contributed by atoms with van der Waals surface area (Å²) in [7, 11) is 0. The Bertz CT molecular complexity index is 505. The van der Waals surface area contributed by atoms with Gasteiger partial charge in [-0.15, -0.1) is 0 Å². The van der Waals surface area contributed by atoms with Gasteiger partial charge >= 0.3 is 0 Å². The SMILES string of the molecule is c1ccc(C(Oc2ccccn2)C2CCCCC2)cc1. The number of hydrogen-bond acceptors (Lipinski definition) is 2. The topological polar surface area (TPSA) is 22.1 Å². The minimum absolute atomic E-state index is 0.131. The van der Waals surface area contributed by atoms with Crippen LogP contribution in [0, 0.1) is 5.92 Å². The Labute approximate surface area is 120 Å². The largest absolute Gasteiger partial charge is 0.469 e. The maximum atomic E-state index is 6.23. The average molecular weight is 267 g/mol. The third kappa shape index (κ3) is 3.19. The van der Waals surface area contributed by atoms with Crippen molar-refractivity contribution in [2.24, 2.45) is 5.92 Å². The second kappa shape index (κ2) is 6.56. The quantitative estimate of drug-likeness (QED) is 0.795. The Kier molecular flexibility index (Phi) is 4.32. The van der Waals surface area contributed by atoms with Crippen LogP contribution in [0.5, 0.6) is 5.88 Å². The molecule has 1 aromatic heterocycles. The molecule has 0 N–H and O–H groups in total. The molecule has 1 aliphatic rings. The molecule has 0 amide bonds. The molecular formula is C18H21NO. The third-order valence-corrected chi connectivity index (χ3v) is 4.09. The number of ether oxygens (including phenoxy) is 1. The molecule has 1 saturated carbocycles. The van der Waals surface area contributed by atoms with Crippen LogP contribution in [0.1, 0.15) is 43.8 Å². The van der Waals surface area contributed by atoms with Crippen molar-refractivity contribution in [2.45, 2.75) is 38.2 Å². The van der Waals surface area contributed by atoms with Crippen LogP contribution in [0.2, 0.25) is 0 Å². The van der Waals surface area contributed by atoms with Crippen LogP contribution < -0.4 is 4.74 Å². The van der Waals surface area contributed by atoms with Gasteiger partial charge in [-0.2, -0.15) is 0 Å². The predicted octanol–water partition coefficient (Wildman–Crippen LogP) is 4.78. The average Bonchev–Trinajstić information content (AvgIpc) is 2.55. The van der Waals surface area contributed by atoms with E-state index in [9.17, 15) is 0 Å². The van der Waals surface area contributed by atoms with E-state index < -0.39 is 0 Å². The van der Waals surface area contributed by atoms with E-state index in [-0.39, 0.29) is 6.10 Å². The molecule has 2 heteroatoms. The van der Waals surface area contributed by atoms with E-state index in [0.29, 0.717) is 5.92 Å². The summed E-state index contributed by atoms with van der Waals surface area (Å²) >= 11 is 0. The molecule has 104 valence electrons. The minimum Gasteiger partial charge on any atom is -0.469 e. The zero-order chi connectivity index (χ0) is 13.6. The van der Waals surface area contributed by atoms with Crippen molar-refractivity contribution in [3.63, 3.8) is 0 Å². The van der Waals surface area contributed by atoms with Crippen molar-refractivity contribution < 1.29 is 4.74 Å². The summed E-state index contributed by atoms with van der Waals surface area (Å²) in [6.45, 7) is 0. The second-order valence-corrected chi connectivity index (χ2v) is 5.52. The maximum absolute atomic E-state index is 6.23. The van der Waals surface area contributed by atoms with E-state index in [4.69, 9.17) is 4.74 Å². The van der Waals surface area contributed by atoms with Gasteiger partial charge in [-0.25, -0.2) is 4.98 Å². The summed E-state index contributed by atoms with van der Waals surface area (Å²) in [6, 6.07) is 16.4. The van der Waals surface area contributed by atoms with E-state index in [0.717, 1.165) is 5.88 Å². The van der Waals surface area contributed by atoms with Gasteiger partial charge in [0.25, 0.3) is 0 Å².